The Hall–Kier alpha value is -0.310. The Morgan fingerprint density at radius 3 is 2.62 bits per heavy atom. The van der Waals surface area contributed by atoms with E-state index >= 15 is 0 Å². The Labute approximate surface area is 55.6 Å². The van der Waals surface area contributed by atoms with Crippen molar-refractivity contribution in [2.24, 2.45) is 0 Å². The molecule has 1 rings (SSSR count). The Morgan fingerprint density at radius 1 is 1.88 bits per heavy atom. The van der Waals surface area contributed by atoms with Crippen molar-refractivity contribution in [3.63, 3.8) is 0 Å². The molecule has 0 N–H and O–H groups in total. The molecule has 0 saturated carbocycles. The summed E-state index contributed by atoms with van der Waals surface area (Å²) in [4.78, 5) is 9.70. The third-order valence-electron chi connectivity index (χ3n) is 0.974. The van der Waals surface area contributed by atoms with Crippen LogP contribution in [0.2, 0.25) is 0 Å². The van der Waals surface area contributed by atoms with Gasteiger partial charge in [0.15, 0.2) is 0 Å². The summed E-state index contributed by atoms with van der Waals surface area (Å²) >= 11 is 2.65. The summed E-state index contributed by atoms with van der Waals surface area (Å²) in [5.74, 6) is 0.784. The number of rotatable bonds is 1. The summed E-state index contributed by atoms with van der Waals surface area (Å²) in [5, 5.41) is 0. The molecule has 0 aromatic rings. The van der Waals surface area contributed by atoms with E-state index in [2.05, 4.69) is 20.7 Å². The molecule has 2 nitrogen and oxygen atoms in total. The van der Waals surface area contributed by atoms with Gasteiger partial charge >= 0.3 is 4.88 Å². The van der Waals surface area contributed by atoms with Gasteiger partial charge in [-0.05, 0) is 12.5 Å². The largest absolute Gasteiger partial charge is 0.423 e. The second kappa shape index (κ2) is 2.31. The monoisotopic (exact) mass is 176 g/mol. The van der Waals surface area contributed by atoms with Gasteiger partial charge in [0.05, 0.1) is 0 Å². The SMILES string of the molecule is O=C(Br)OC1=CCC1. The predicted molar refractivity (Wildman–Crippen MR) is 32.7 cm³/mol. The maximum atomic E-state index is 10.1. The number of hydrogen-bond donors (Lipinski definition) is 0. The number of halogens is 1. The van der Waals surface area contributed by atoms with Crippen molar-refractivity contribution in [2.75, 3.05) is 0 Å². The molecule has 8 heavy (non-hydrogen) atoms. The molecule has 0 aromatic heterocycles. The van der Waals surface area contributed by atoms with E-state index in [9.17, 15) is 4.79 Å². The second-order valence-electron chi connectivity index (χ2n) is 1.55. The number of allylic oxidation sites excluding steroid dienone is 2. The van der Waals surface area contributed by atoms with E-state index in [1.54, 1.807) is 0 Å². The van der Waals surface area contributed by atoms with Crippen LogP contribution in [0.1, 0.15) is 12.8 Å². The zero-order valence-corrected chi connectivity index (χ0v) is 5.77. The molecule has 0 fully saturated rings. The second-order valence-corrected chi connectivity index (χ2v) is 2.20. The van der Waals surface area contributed by atoms with Gasteiger partial charge < -0.3 is 4.74 Å². The van der Waals surface area contributed by atoms with E-state index in [1.807, 2.05) is 6.08 Å². The minimum atomic E-state index is -0.400. The van der Waals surface area contributed by atoms with E-state index in [0.717, 1.165) is 18.6 Å². The van der Waals surface area contributed by atoms with E-state index in [1.165, 1.54) is 0 Å². The highest BCUT2D eigenvalue weighted by Gasteiger charge is 2.08. The molecule has 1 aliphatic rings. The quantitative estimate of drug-likeness (QED) is 0.573. The first-order chi connectivity index (χ1) is 3.79. The van der Waals surface area contributed by atoms with Crippen molar-refractivity contribution in [3.05, 3.63) is 11.8 Å². The number of ether oxygens (including phenoxy) is 1. The van der Waals surface area contributed by atoms with Gasteiger partial charge in [-0.3, -0.25) is 0 Å². The summed E-state index contributed by atoms with van der Waals surface area (Å²) in [6.07, 6.45) is 3.83. The van der Waals surface area contributed by atoms with E-state index in [0.29, 0.717) is 0 Å². The van der Waals surface area contributed by atoms with Crippen molar-refractivity contribution in [1.29, 1.82) is 0 Å². The van der Waals surface area contributed by atoms with E-state index in [-0.39, 0.29) is 0 Å². The summed E-state index contributed by atoms with van der Waals surface area (Å²) in [5.41, 5.74) is 0. The number of hydrogen-bond acceptors (Lipinski definition) is 2. The molecule has 0 aromatic carbocycles. The van der Waals surface area contributed by atoms with Gasteiger partial charge in [-0.2, -0.15) is 0 Å². The van der Waals surface area contributed by atoms with Crippen molar-refractivity contribution in [2.45, 2.75) is 12.8 Å². The van der Waals surface area contributed by atoms with Crippen LogP contribution in [0.4, 0.5) is 4.79 Å². The summed E-state index contributed by atoms with van der Waals surface area (Å²) < 4.78 is 4.62. The first kappa shape index (κ1) is 5.82. The third-order valence-corrected chi connectivity index (χ3v) is 1.14. The molecule has 3 heteroatoms. The van der Waals surface area contributed by atoms with Crippen LogP contribution < -0.4 is 0 Å². The van der Waals surface area contributed by atoms with Gasteiger partial charge in [-0.1, -0.05) is 0 Å². The molecule has 0 unspecified atom stereocenters. The smallest absolute Gasteiger partial charge is 0.379 e. The normalized spacial score (nSPS) is 16.4. The molecule has 0 atom stereocenters. The minimum Gasteiger partial charge on any atom is -0.423 e. The van der Waals surface area contributed by atoms with Gasteiger partial charge in [0.2, 0.25) is 0 Å². The predicted octanol–water partition coefficient (Wildman–Crippen LogP) is 2.20. The maximum absolute atomic E-state index is 10.1. The van der Waals surface area contributed by atoms with Crippen LogP contribution in [0.25, 0.3) is 0 Å². The zero-order chi connectivity index (χ0) is 5.98. The molecule has 0 saturated heterocycles. The highest BCUT2D eigenvalue weighted by Crippen LogP contribution is 2.19. The van der Waals surface area contributed by atoms with Gasteiger partial charge in [-0.15, -0.1) is 0 Å². The Balaban J connectivity index is 2.29. The van der Waals surface area contributed by atoms with Gasteiger partial charge in [0, 0.05) is 22.4 Å². The summed E-state index contributed by atoms with van der Waals surface area (Å²) in [6.45, 7) is 0. The summed E-state index contributed by atoms with van der Waals surface area (Å²) in [7, 11) is 0. The average molecular weight is 177 g/mol. The van der Waals surface area contributed by atoms with Crippen molar-refractivity contribution < 1.29 is 9.53 Å². The molecule has 0 amide bonds. The van der Waals surface area contributed by atoms with Crippen LogP contribution in [0.15, 0.2) is 11.8 Å². The lowest BCUT2D eigenvalue weighted by Gasteiger charge is -2.10. The third kappa shape index (κ3) is 1.33. The molecule has 0 heterocycles. The van der Waals surface area contributed by atoms with Gasteiger partial charge in [0.1, 0.15) is 5.76 Å². The van der Waals surface area contributed by atoms with Gasteiger partial charge in [0.25, 0.3) is 0 Å². The maximum Gasteiger partial charge on any atom is 0.379 e. The first-order valence-corrected chi connectivity index (χ1v) is 3.14. The molecule has 0 radical (unpaired) electrons. The van der Waals surface area contributed by atoms with Crippen LogP contribution in [0, 0.1) is 0 Å². The average Bonchev–Trinajstić information content (AvgIpc) is 1.55. The first-order valence-electron chi connectivity index (χ1n) is 2.35. The molecule has 0 bridgehead atoms. The molecule has 0 spiro atoms. The molecule has 1 aliphatic carbocycles. The molecule has 44 valence electrons. The standard InChI is InChI=1S/C5H5BrO2/c6-5(7)8-4-2-1-3-4/h2H,1,3H2. The van der Waals surface area contributed by atoms with Crippen LogP contribution >= 0.6 is 15.9 Å². The Bertz CT molecular complexity index is 139. The van der Waals surface area contributed by atoms with Crippen LogP contribution in [0.3, 0.4) is 0 Å². The Morgan fingerprint density at radius 2 is 2.50 bits per heavy atom. The van der Waals surface area contributed by atoms with E-state index < -0.39 is 4.88 Å². The minimum absolute atomic E-state index is 0.400. The fourth-order valence-corrected chi connectivity index (χ4v) is 0.666. The molecule has 0 aliphatic heterocycles. The van der Waals surface area contributed by atoms with Gasteiger partial charge in [-0.25, -0.2) is 4.79 Å². The highest BCUT2D eigenvalue weighted by molar-refractivity contribution is 9.18. The number of carbonyl (C=O) groups is 1. The lowest BCUT2D eigenvalue weighted by molar-refractivity contribution is 0.199. The van der Waals surface area contributed by atoms with Crippen molar-refractivity contribution in [3.8, 4) is 0 Å². The topological polar surface area (TPSA) is 26.3 Å². The van der Waals surface area contributed by atoms with Crippen LogP contribution in [0.5, 0.6) is 0 Å². The zero-order valence-electron chi connectivity index (χ0n) is 4.19. The number of carbonyl (C=O) groups excluding carboxylic acids is 1. The van der Waals surface area contributed by atoms with Crippen molar-refractivity contribution in [1.82, 2.24) is 0 Å². The summed E-state index contributed by atoms with van der Waals surface area (Å²) in [6, 6.07) is 0. The fourth-order valence-electron chi connectivity index (χ4n) is 0.458. The lowest BCUT2D eigenvalue weighted by Crippen LogP contribution is -2.00. The van der Waals surface area contributed by atoms with Crippen LogP contribution in [-0.4, -0.2) is 4.88 Å². The molecular weight excluding hydrogens is 172 g/mol. The van der Waals surface area contributed by atoms with Crippen molar-refractivity contribution >= 4 is 20.8 Å². The highest BCUT2D eigenvalue weighted by atomic mass is 79.9. The lowest BCUT2D eigenvalue weighted by atomic mass is 10.1. The fraction of sp³-hybridized carbons (Fsp3) is 0.400. The Kier molecular flexibility index (Phi) is 1.68. The molecular formula is C5H5BrO2. The van der Waals surface area contributed by atoms with E-state index in [4.69, 9.17) is 0 Å². The van der Waals surface area contributed by atoms with Crippen LogP contribution in [-0.2, 0) is 4.74 Å².